The van der Waals surface area contributed by atoms with E-state index in [2.05, 4.69) is 0 Å². The Morgan fingerprint density at radius 3 is 2.61 bits per heavy atom. The molecule has 5 nitrogen and oxygen atoms in total. The molecule has 0 aliphatic carbocycles. The van der Waals surface area contributed by atoms with Crippen LogP contribution < -0.4 is 11.5 Å². The van der Waals surface area contributed by atoms with Gasteiger partial charge in [-0.25, -0.2) is 0 Å². The number of carbonyl (C=O) groups is 2. The van der Waals surface area contributed by atoms with E-state index in [0.29, 0.717) is 17.5 Å². The smallest absolute Gasteiger partial charge is 0.248 e. The Balaban J connectivity index is 2.30. The van der Waals surface area contributed by atoms with Gasteiger partial charge in [0.15, 0.2) is 0 Å². The van der Waals surface area contributed by atoms with E-state index < -0.39 is 11.8 Å². The summed E-state index contributed by atoms with van der Waals surface area (Å²) in [5, 5.41) is 0. The Labute approximate surface area is 105 Å². The number of rotatable bonds is 4. The molecule has 2 amide bonds. The molecule has 1 saturated heterocycles. The Morgan fingerprint density at radius 1 is 1.28 bits per heavy atom. The first-order valence-electron chi connectivity index (χ1n) is 5.92. The van der Waals surface area contributed by atoms with Gasteiger partial charge in [0.2, 0.25) is 11.8 Å². The van der Waals surface area contributed by atoms with Gasteiger partial charge in [0.25, 0.3) is 0 Å². The molecular formula is C13H16N2O3. The number of amides is 2. The van der Waals surface area contributed by atoms with Crippen LogP contribution in [-0.2, 0) is 11.2 Å². The highest BCUT2D eigenvalue weighted by atomic mass is 16.5. The fourth-order valence-corrected chi connectivity index (χ4v) is 2.21. The zero-order valence-corrected chi connectivity index (χ0v) is 10.0. The Hall–Kier alpha value is -1.88. The third-order valence-electron chi connectivity index (χ3n) is 3.13. The van der Waals surface area contributed by atoms with Crippen molar-refractivity contribution in [3.8, 4) is 0 Å². The van der Waals surface area contributed by atoms with Crippen molar-refractivity contribution in [2.75, 3.05) is 6.61 Å². The Kier molecular flexibility index (Phi) is 3.62. The summed E-state index contributed by atoms with van der Waals surface area (Å²) in [7, 11) is 0. The summed E-state index contributed by atoms with van der Waals surface area (Å²) in [4.78, 5) is 22.5. The lowest BCUT2D eigenvalue weighted by atomic mass is 9.97. The van der Waals surface area contributed by atoms with Crippen LogP contribution in [0.2, 0.25) is 0 Å². The highest BCUT2D eigenvalue weighted by Gasteiger charge is 2.19. The first kappa shape index (κ1) is 12.6. The molecule has 1 aliphatic heterocycles. The third kappa shape index (κ3) is 2.68. The quantitative estimate of drug-likeness (QED) is 0.817. The first-order chi connectivity index (χ1) is 8.58. The van der Waals surface area contributed by atoms with E-state index in [1.165, 1.54) is 6.07 Å². The lowest BCUT2D eigenvalue weighted by molar-refractivity contribution is 0.0981. The maximum atomic E-state index is 11.3. The van der Waals surface area contributed by atoms with Gasteiger partial charge in [-0.3, -0.25) is 9.59 Å². The molecule has 1 unspecified atom stereocenters. The van der Waals surface area contributed by atoms with E-state index >= 15 is 0 Å². The number of ether oxygens (including phenoxy) is 1. The van der Waals surface area contributed by atoms with Gasteiger partial charge in [0, 0.05) is 17.7 Å². The van der Waals surface area contributed by atoms with Crippen LogP contribution in [0.3, 0.4) is 0 Å². The fourth-order valence-electron chi connectivity index (χ4n) is 2.21. The van der Waals surface area contributed by atoms with E-state index in [-0.39, 0.29) is 6.10 Å². The number of hydrogen-bond acceptors (Lipinski definition) is 3. The summed E-state index contributed by atoms with van der Waals surface area (Å²) in [6.07, 6.45) is 2.65. The van der Waals surface area contributed by atoms with Gasteiger partial charge >= 0.3 is 0 Å². The van der Waals surface area contributed by atoms with Crippen molar-refractivity contribution in [1.82, 2.24) is 0 Å². The molecule has 18 heavy (non-hydrogen) atoms. The highest BCUT2D eigenvalue weighted by Crippen LogP contribution is 2.20. The number of benzene rings is 1. The topological polar surface area (TPSA) is 95.4 Å². The Morgan fingerprint density at radius 2 is 2.06 bits per heavy atom. The second-order valence-corrected chi connectivity index (χ2v) is 4.44. The maximum Gasteiger partial charge on any atom is 0.248 e. The molecule has 0 spiro atoms. The van der Waals surface area contributed by atoms with E-state index in [4.69, 9.17) is 16.2 Å². The van der Waals surface area contributed by atoms with Crippen molar-refractivity contribution in [2.45, 2.75) is 25.4 Å². The third-order valence-corrected chi connectivity index (χ3v) is 3.13. The van der Waals surface area contributed by atoms with Crippen LogP contribution in [0.5, 0.6) is 0 Å². The predicted octanol–water partition coefficient (Wildman–Crippen LogP) is 0.606. The molecule has 1 aromatic carbocycles. The van der Waals surface area contributed by atoms with E-state index in [1.807, 2.05) is 0 Å². The number of carbonyl (C=O) groups excluding carboxylic acids is 2. The van der Waals surface area contributed by atoms with Crippen molar-refractivity contribution in [3.63, 3.8) is 0 Å². The second kappa shape index (κ2) is 5.18. The van der Waals surface area contributed by atoms with E-state index in [0.717, 1.165) is 25.0 Å². The van der Waals surface area contributed by atoms with Gasteiger partial charge in [0.1, 0.15) is 0 Å². The molecular weight excluding hydrogens is 232 g/mol. The highest BCUT2D eigenvalue weighted by molar-refractivity contribution is 5.97. The first-order valence-corrected chi connectivity index (χ1v) is 5.92. The van der Waals surface area contributed by atoms with Gasteiger partial charge in [0.05, 0.1) is 6.10 Å². The van der Waals surface area contributed by atoms with E-state index in [1.54, 1.807) is 12.1 Å². The van der Waals surface area contributed by atoms with Crippen molar-refractivity contribution in [2.24, 2.45) is 11.5 Å². The lowest BCUT2D eigenvalue weighted by Gasteiger charge is -2.13. The molecule has 1 atom stereocenters. The molecule has 1 aliphatic rings. The van der Waals surface area contributed by atoms with Crippen molar-refractivity contribution >= 4 is 11.8 Å². The van der Waals surface area contributed by atoms with Gasteiger partial charge in [-0.15, -0.1) is 0 Å². The Bertz CT molecular complexity index is 479. The zero-order chi connectivity index (χ0) is 13.1. The van der Waals surface area contributed by atoms with Crippen molar-refractivity contribution < 1.29 is 14.3 Å². The average molecular weight is 248 g/mol. The minimum absolute atomic E-state index is 0.0891. The molecule has 1 aromatic rings. The standard InChI is InChI=1S/C13H16N2O3/c14-12(16)8-3-4-11(13(15)17)9(6-8)7-10-2-1-5-18-10/h3-4,6,10H,1-2,5,7H2,(H2,14,16)(H2,15,17). The van der Waals surface area contributed by atoms with Crippen LogP contribution in [-0.4, -0.2) is 24.5 Å². The molecule has 0 aromatic heterocycles. The van der Waals surface area contributed by atoms with Crippen LogP contribution in [0.25, 0.3) is 0 Å². The summed E-state index contributed by atoms with van der Waals surface area (Å²) in [5.41, 5.74) is 12.1. The molecule has 0 saturated carbocycles. The monoisotopic (exact) mass is 248 g/mol. The average Bonchev–Trinajstić information content (AvgIpc) is 2.81. The molecule has 1 heterocycles. The second-order valence-electron chi connectivity index (χ2n) is 4.44. The number of nitrogens with two attached hydrogens (primary N) is 2. The minimum Gasteiger partial charge on any atom is -0.378 e. The van der Waals surface area contributed by atoms with Gasteiger partial charge < -0.3 is 16.2 Å². The summed E-state index contributed by atoms with van der Waals surface area (Å²) in [5.74, 6) is -1.02. The number of hydrogen-bond donors (Lipinski definition) is 2. The van der Waals surface area contributed by atoms with Crippen LogP contribution in [0, 0.1) is 0 Å². The minimum atomic E-state index is -0.514. The van der Waals surface area contributed by atoms with Gasteiger partial charge in [-0.1, -0.05) is 0 Å². The van der Waals surface area contributed by atoms with Crippen LogP contribution in [0.1, 0.15) is 39.1 Å². The summed E-state index contributed by atoms with van der Waals surface area (Å²) in [6, 6.07) is 4.69. The summed E-state index contributed by atoms with van der Waals surface area (Å²) in [6.45, 7) is 0.742. The van der Waals surface area contributed by atoms with Gasteiger partial charge in [-0.2, -0.15) is 0 Å². The van der Waals surface area contributed by atoms with Crippen LogP contribution in [0.4, 0.5) is 0 Å². The zero-order valence-electron chi connectivity index (χ0n) is 10.0. The maximum absolute atomic E-state index is 11.3. The van der Waals surface area contributed by atoms with Gasteiger partial charge in [-0.05, 0) is 43.0 Å². The number of primary amides is 2. The summed E-state index contributed by atoms with van der Waals surface area (Å²) >= 11 is 0. The summed E-state index contributed by atoms with van der Waals surface area (Å²) < 4.78 is 5.52. The predicted molar refractivity (Wildman–Crippen MR) is 66.2 cm³/mol. The molecule has 4 N–H and O–H groups in total. The van der Waals surface area contributed by atoms with Crippen LogP contribution in [0.15, 0.2) is 18.2 Å². The van der Waals surface area contributed by atoms with Crippen LogP contribution >= 0.6 is 0 Å². The normalized spacial score (nSPS) is 18.8. The molecule has 0 radical (unpaired) electrons. The molecule has 96 valence electrons. The van der Waals surface area contributed by atoms with E-state index in [9.17, 15) is 9.59 Å². The largest absolute Gasteiger partial charge is 0.378 e. The molecule has 2 rings (SSSR count). The molecule has 1 fully saturated rings. The SMILES string of the molecule is NC(=O)c1ccc(C(N)=O)c(CC2CCCO2)c1. The fraction of sp³-hybridized carbons (Fsp3) is 0.385. The molecule has 5 heteroatoms. The van der Waals surface area contributed by atoms with Crippen molar-refractivity contribution in [3.05, 3.63) is 34.9 Å². The van der Waals surface area contributed by atoms with Crippen molar-refractivity contribution in [1.29, 1.82) is 0 Å². The molecule has 0 bridgehead atoms. The lowest BCUT2D eigenvalue weighted by Crippen LogP contribution is -2.19.